The van der Waals surface area contributed by atoms with Gasteiger partial charge in [0.25, 0.3) is 0 Å². The molecule has 1 aliphatic rings. The van der Waals surface area contributed by atoms with Gasteiger partial charge in [0.15, 0.2) is 5.78 Å². The van der Waals surface area contributed by atoms with Crippen LogP contribution in [-0.4, -0.2) is 50.5 Å². The summed E-state index contributed by atoms with van der Waals surface area (Å²) in [6, 6.07) is 2.29. The number of benzene rings is 1. The maximum Gasteiger partial charge on any atom is 0.342 e. The van der Waals surface area contributed by atoms with Crippen LogP contribution in [0.2, 0.25) is 0 Å². The number of phenols is 2. The van der Waals surface area contributed by atoms with Crippen molar-refractivity contribution in [2.75, 3.05) is 0 Å². The summed E-state index contributed by atoms with van der Waals surface area (Å²) in [6.45, 7) is 1.61. The fourth-order valence-electron chi connectivity index (χ4n) is 2.40. The zero-order chi connectivity index (χ0) is 18.6. The second kappa shape index (κ2) is 7.96. The molecule has 7 nitrogen and oxygen atoms in total. The number of hydrogen-bond donors (Lipinski definition) is 4. The number of aromatic hydroxyl groups is 2. The van der Waals surface area contributed by atoms with Gasteiger partial charge in [-0.2, -0.15) is 0 Å². The van der Waals surface area contributed by atoms with E-state index in [2.05, 4.69) is 0 Å². The van der Waals surface area contributed by atoms with E-state index in [0.29, 0.717) is 0 Å². The third-order valence-electron chi connectivity index (χ3n) is 3.73. The van der Waals surface area contributed by atoms with E-state index < -0.39 is 35.8 Å². The number of esters is 1. The third kappa shape index (κ3) is 4.68. The van der Waals surface area contributed by atoms with Crippen LogP contribution in [0.15, 0.2) is 30.4 Å². The Labute approximate surface area is 144 Å². The number of ether oxygens (including phenoxy) is 1. The first kappa shape index (κ1) is 18.7. The Hall–Kier alpha value is -2.64. The van der Waals surface area contributed by atoms with Crippen LogP contribution in [0, 0.1) is 0 Å². The monoisotopic (exact) mass is 348 g/mol. The lowest BCUT2D eigenvalue weighted by Crippen LogP contribution is -2.32. The average molecular weight is 348 g/mol. The normalized spacial score (nSPS) is 27.7. The zero-order valence-electron chi connectivity index (χ0n) is 13.6. The molecule has 25 heavy (non-hydrogen) atoms. The first-order valence-electron chi connectivity index (χ1n) is 7.79. The predicted molar refractivity (Wildman–Crippen MR) is 89.1 cm³/mol. The topological polar surface area (TPSA) is 124 Å². The lowest BCUT2D eigenvalue weighted by atomic mass is 10.0. The SMILES string of the molecule is C[C@H]1C/C=C\C(=O)C(O)C(O)C/C=C/c2cc(O)cc(O)c2C(=O)O1. The van der Waals surface area contributed by atoms with Crippen molar-refractivity contribution < 1.29 is 34.8 Å². The Morgan fingerprint density at radius 2 is 1.72 bits per heavy atom. The Morgan fingerprint density at radius 1 is 1.04 bits per heavy atom. The van der Waals surface area contributed by atoms with Crippen LogP contribution < -0.4 is 0 Å². The minimum atomic E-state index is -1.57. The maximum atomic E-state index is 12.3. The average Bonchev–Trinajstić information content (AvgIpc) is 2.52. The molecule has 0 saturated heterocycles. The molecule has 1 heterocycles. The highest BCUT2D eigenvalue weighted by molar-refractivity contribution is 5.97. The van der Waals surface area contributed by atoms with Crippen LogP contribution >= 0.6 is 0 Å². The number of hydrogen-bond acceptors (Lipinski definition) is 7. The van der Waals surface area contributed by atoms with Gasteiger partial charge in [-0.25, -0.2) is 4.79 Å². The molecule has 1 aromatic rings. The lowest BCUT2D eigenvalue weighted by molar-refractivity contribution is -0.127. The summed E-state index contributed by atoms with van der Waals surface area (Å²) >= 11 is 0. The van der Waals surface area contributed by atoms with Crippen molar-refractivity contribution >= 4 is 17.8 Å². The number of rotatable bonds is 0. The molecule has 3 atom stereocenters. The van der Waals surface area contributed by atoms with Gasteiger partial charge in [0.2, 0.25) is 0 Å². The second-order valence-corrected chi connectivity index (χ2v) is 5.84. The van der Waals surface area contributed by atoms with Crippen molar-refractivity contribution in [1.82, 2.24) is 0 Å². The van der Waals surface area contributed by atoms with E-state index in [0.717, 1.165) is 12.1 Å². The Balaban J connectivity index is 2.43. The van der Waals surface area contributed by atoms with Gasteiger partial charge in [-0.1, -0.05) is 18.2 Å². The number of fused-ring (bicyclic) bond motifs is 1. The summed E-state index contributed by atoms with van der Waals surface area (Å²) in [5, 5.41) is 39.3. The molecule has 2 rings (SSSR count). The molecule has 0 fully saturated rings. The van der Waals surface area contributed by atoms with Crippen LogP contribution in [0.1, 0.15) is 35.7 Å². The Morgan fingerprint density at radius 3 is 2.44 bits per heavy atom. The van der Waals surface area contributed by atoms with Crippen LogP contribution in [-0.2, 0) is 9.53 Å². The summed E-state index contributed by atoms with van der Waals surface area (Å²) in [6.07, 6.45) is 2.05. The number of cyclic esters (lactones) is 1. The van der Waals surface area contributed by atoms with Crippen LogP contribution in [0.5, 0.6) is 11.5 Å². The van der Waals surface area contributed by atoms with E-state index in [-0.39, 0.29) is 29.7 Å². The Bertz CT molecular complexity index is 720. The summed E-state index contributed by atoms with van der Waals surface area (Å²) in [5.74, 6) is -2.11. The highest BCUT2D eigenvalue weighted by Crippen LogP contribution is 2.29. The molecule has 0 aromatic heterocycles. The van der Waals surface area contributed by atoms with Gasteiger partial charge in [0, 0.05) is 12.5 Å². The van der Waals surface area contributed by atoms with E-state index in [4.69, 9.17) is 4.74 Å². The number of aliphatic hydroxyl groups excluding tert-OH is 2. The second-order valence-electron chi connectivity index (χ2n) is 5.84. The quantitative estimate of drug-likeness (QED) is 0.521. The molecule has 1 aliphatic heterocycles. The van der Waals surface area contributed by atoms with E-state index in [1.54, 1.807) is 6.92 Å². The summed E-state index contributed by atoms with van der Waals surface area (Å²) in [5.41, 5.74) is 0.0726. The van der Waals surface area contributed by atoms with E-state index in [1.807, 2.05) is 0 Å². The van der Waals surface area contributed by atoms with E-state index in [9.17, 15) is 30.0 Å². The number of carbonyl (C=O) groups is 2. The fraction of sp³-hybridized carbons (Fsp3) is 0.333. The molecule has 0 amide bonds. The maximum absolute atomic E-state index is 12.3. The summed E-state index contributed by atoms with van der Waals surface area (Å²) < 4.78 is 5.24. The molecule has 0 saturated carbocycles. The highest BCUT2D eigenvalue weighted by atomic mass is 16.5. The van der Waals surface area contributed by atoms with Gasteiger partial charge in [-0.3, -0.25) is 4.79 Å². The van der Waals surface area contributed by atoms with E-state index >= 15 is 0 Å². The molecular formula is C18H20O7. The molecule has 4 N–H and O–H groups in total. The number of carbonyl (C=O) groups excluding carboxylic acids is 2. The standard InChI is InChI=1S/C18H20O7/c1-10-4-2-6-13(20)17(23)14(21)7-3-5-11-8-12(19)9-15(22)16(11)18(24)25-10/h2-3,5-6,8-10,14,17,19,21-23H,4,7H2,1H3/b5-3+,6-2-/t10-,14?,17?/m0/s1. The van der Waals surface area contributed by atoms with Crippen molar-refractivity contribution in [3.05, 3.63) is 41.5 Å². The minimum absolute atomic E-state index is 0.0674. The molecule has 0 bridgehead atoms. The van der Waals surface area contributed by atoms with Crippen LogP contribution in [0.4, 0.5) is 0 Å². The van der Waals surface area contributed by atoms with Crippen LogP contribution in [0.3, 0.4) is 0 Å². The highest BCUT2D eigenvalue weighted by Gasteiger charge is 2.23. The molecule has 1 aromatic carbocycles. The molecule has 0 radical (unpaired) electrons. The predicted octanol–water partition coefficient (Wildman–Crippen LogP) is 1.30. The first-order valence-corrected chi connectivity index (χ1v) is 7.79. The van der Waals surface area contributed by atoms with Gasteiger partial charge in [0.1, 0.15) is 29.3 Å². The number of phenolic OH excluding ortho intramolecular Hbond substituents is 2. The van der Waals surface area contributed by atoms with Gasteiger partial charge < -0.3 is 25.2 Å². The van der Waals surface area contributed by atoms with Crippen molar-refractivity contribution in [1.29, 1.82) is 0 Å². The van der Waals surface area contributed by atoms with Crippen molar-refractivity contribution in [2.45, 2.75) is 38.1 Å². The van der Waals surface area contributed by atoms with Crippen molar-refractivity contribution in [3.8, 4) is 11.5 Å². The van der Waals surface area contributed by atoms with Crippen molar-refractivity contribution in [2.24, 2.45) is 0 Å². The van der Waals surface area contributed by atoms with Crippen molar-refractivity contribution in [3.63, 3.8) is 0 Å². The summed E-state index contributed by atoms with van der Waals surface area (Å²) in [4.78, 5) is 24.1. The molecular weight excluding hydrogens is 328 g/mol. The first-order chi connectivity index (χ1) is 11.8. The number of aliphatic hydroxyl groups is 2. The smallest absolute Gasteiger partial charge is 0.342 e. The van der Waals surface area contributed by atoms with E-state index in [1.165, 1.54) is 24.3 Å². The summed E-state index contributed by atoms with van der Waals surface area (Å²) in [7, 11) is 0. The Kier molecular flexibility index (Phi) is 5.95. The largest absolute Gasteiger partial charge is 0.508 e. The zero-order valence-corrected chi connectivity index (χ0v) is 13.6. The third-order valence-corrected chi connectivity index (χ3v) is 3.73. The minimum Gasteiger partial charge on any atom is -0.508 e. The van der Waals surface area contributed by atoms with Gasteiger partial charge in [-0.05, 0) is 31.1 Å². The molecule has 0 aliphatic carbocycles. The number of ketones is 1. The van der Waals surface area contributed by atoms with Crippen LogP contribution in [0.25, 0.3) is 6.08 Å². The van der Waals surface area contributed by atoms with Gasteiger partial charge >= 0.3 is 5.97 Å². The molecule has 2 unspecified atom stereocenters. The van der Waals surface area contributed by atoms with Gasteiger partial charge in [0.05, 0.1) is 6.10 Å². The van der Waals surface area contributed by atoms with Gasteiger partial charge in [-0.15, -0.1) is 0 Å². The molecule has 0 spiro atoms. The molecule has 134 valence electrons. The molecule has 7 heteroatoms. The fourth-order valence-corrected chi connectivity index (χ4v) is 2.40. The lowest BCUT2D eigenvalue weighted by Gasteiger charge is -2.16.